The quantitative estimate of drug-likeness (QED) is 0.763. The molecule has 2 rings (SSSR count). The molecule has 1 atom stereocenters. The van der Waals surface area contributed by atoms with E-state index in [2.05, 4.69) is 5.32 Å². The molecule has 140 valence electrons. The Kier molecular flexibility index (Phi) is 6.55. The first-order chi connectivity index (χ1) is 12.1. The minimum atomic E-state index is -3.72. The topological polar surface area (TPSA) is 66.5 Å². The van der Waals surface area contributed by atoms with Crippen molar-refractivity contribution in [3.05, 3.63) is 58.1 Å². The lowest BCUT2D eigenvalue weighted by molar-refractivity contribution is -0.116. The number of anilines is 2. The standard InChI is InChI=1S/C18H20Cl2N2O3S/c1-4-13-5-7-14(8-6-13)21-18(23)12(2)22(26(3,24)25)15-9-10-16(19)17(20)11-15/h5-12H,4H2,1-3H3,(H,21,23). The van der Waals surface area contributed by atoms with Crippen LogP contribution in [0.2, 0.25) is 10.0 Å². The molecule has 0 spiro atoms. The fourth-order valence-corrected chi connectivity index (χ4v) is 3.96. The van der Waals surface area contributed by atoms with Crippen LogP contribution in [-0.4, -0.2) is 26.6 Å². The number of hydrogen-bond donors (Lipinski definition) is 1. The van der Waals surface area contributed by atoms with Crippen molar-refractivity contribution in [2.45, 2.75) is 26.3 Å². The largest absolute Gasteiger partial charge is 0.324 e. The molecule has 2 aromatic carbocycles. The molecule has 0 aliphatic carbocycles. The molecular weight excluding hydrogens is 395 g/mol. The van der Waals surface area contributed by atoms with Crippen LogP contribution in [0.4, 0.5) is 11.4 Å². The third-order valence-corrected chi connectivity index (χ3v) is 5.86. The van der Waals surface area contributed by atoms with Crippen molar-refractivity contribution in [3.8, 4) is 0 Å². The molecule has 0 fully saturated rings. The number of hydrogen-bond acceptors (Lipinski definition) is 3. The Morgan fingerprint density at radius 2 is 1.73 bits per heavy atom. The average Bonchev–Trinajstić information content (AvgIpc) is 2.57. The summed E-state index contributed by atoms with van der Waals surface area (Å²) < 4.78 is 25.6. The Balaban J connectivity index is 2.29. The van der Waals surface area contributed by atoms with Gasteiger partial charge in [0.05, 0.1) is 22.0 Å². The Hall–Kier alpha value is -1.76. The van der Waals surface area contributed by atoms with Crippen molar-refractivity contribution in [2.75, 3.05) is 15.9 Å². The highest BCUT2D eigenvalue weighted by Crippen LogP contribution is 2.29. The van der Waals surface area contributed by atoms with Gasteiger partial charge in [-0.3, -0.25) is 9.10 Å². The molecular formula is C18H20Cl2N2O3S. The summed E-state index contributed by atoms with van der Waals surface area (Å²) in [6.45, 7) is 3.55. The first-order valence-electron chi connectivity index (χ1n) is 7.97. The molecule has 0 saturated carbocycles. The Labute approximate surface area is 164 Å². The smallest absolute Gasteiger partial charge is 0.247 e. The number of aryl methyl sites for hydroxylation is 1. The lowest BCUT2D eigenvalue weighted by Gasteiger charge is -2.28. The van der Waals surface area contributed by atoms with Crippen LogP contribution in [0.1, 0.15) is 19.4 Å². The fourth-order valence-electron chi connectivity index (χ4n) is 2.50. The van der Waals surface area contributed by atoms with Crippen LogP contribution in [0.15, 0.2) is 42.5 Å². The van der Waals surface area contributed by atoms with Gasteiger partial charge in [-0.15, -0.1) is 0 Å². The van der Waals surface area contributed by atoms with Gasteiger partial charge in [-0.1, -0.05) is 42.3 Å². The number of halogens is 2. The van der Waals surface area contributed by atoms with Gasteiger partial charge in [0.25, 0.3) is 0 Å². The van der Waals surface area contributed by atoms with Crippen LogP contribution in [0.5, 0.6) is 0 Å². The lowest BCUT2D eigenvalue weighted by Crippen LogP contribution is -2.45. The van der Waals surface area contributed by atoms with Gasteiger partial charge in [0.15, 0.2) is 0 Å². The third-order valence-electron chi connectivity index (χ3n) is 3.88. The molecule has 26 heavy (non-hydrogen) atoms. The summed E-state index contributed by atoms with van der Waals surface area (Å²) in [5.74, 6) is -0.453. The highest BCUT2D eigenvalue weighted by Gasteiger charge is 2.29. The predicted octanol–water partition coefficient (Wildman–Crippen LogP) is 4.35. The summed E-state index contributed by atoms with van der Waals surface area (Å²) in [7, 11) is -3.72. The van der Waals surface area contributed by atoms with Crippen molar-refractivity contribution < 1.29 is 13.2 Å². The Morgan fingerprint density at radius 1 is 1.12 bits per heavy atom. The van der Waals surface area contributed by atoms with Crippen LogP contribution < -0.4 is 9.62 Å². The molecule has 0 aromatic heterocycles. The second-order valence-electron chi connectivity index (χ2n) is 5.87. The highest BCUT2D eigenvalue weighted by atomic mass is 35.5. The van der Waals surface area contributed by atoms with Crippen LogP contribution in [-0.2, 0) is 21.2 Å². The van der Waals surface area contributed by atoms with E-state index in [1.165, 1.54) is 25.1 Å². The van der Waals surface area contributed by atoms with Crippen molar-refractivity contribution >= 4 is 50.5 Å². The first-order valence-corrected chi connectivity index (χ1v) is 10.6. The first kappa shape index (κ1) is 20.6. The van der Waals surface area contributed by atoms with Crippen molar-refractivity contribution in [2.24, 2.45) is 0 Å². The van der Waals surface area contributed by atoms with Gasteiger partial charge >= 0.3 is 0 Å². The third kappa shape index (κ3) is 4.90. The molecule has 1 unspecified atom stereocenters. The monoisotopic (exact) mass is 414 g/mol. The summed E-state index contributed by atoms with van der Waals surface area (Å²) in [6, 6.07) is 10.8. The van der Waals surface area contributed by atoms with Gasteiger partial charge in [-0.25, -0.2) is 8.42 Å². The molecule has 0 bridgehead atoms. The molecule has 1 amide bonds. The van der Waals surface area contributed by atoms with Gasteiger partial charge in [0, 0.05) is 5.69 Å². The minimum Gasteiger partial charge on any atom is -0.324 e. The molecule has 8 heteroatoms. The fraction of sp³-hybridized carbons (Fsp3) is 0.278. The minimum absolute atomic E-state index is 0.209. The maximum atomic E-state index is 12.6. The van der Waals surface area contributed by atoms with Crippen molar-refractivity contribution in [1.29, 1.82) is 0 Å². The second-order valence-corrected chi connectivity index (χ2v) is 8.55. The maximum Gasteiger partial charge on any atom is 0.247 e. The Morgan fingerprint density at radius 3 is 2.23 bits per heavy atom. The zero-order valence-corrected chi connectivity index (χ0v) is 17.0. The molecule has 1 N–H and O–H groups in total. The molecule has 0 radical (unpaired) electrons. The number of rotatable bonds is 6. The number of carbonyl (C=O) groups is 1. The van der Waals surface area contributed by atoms with Crippen LogP contribution >= 0.6 is 23.2 Å². The van der Waals surface area contributed by atoms with Crippen LogP contribution in [0.3, 0.4) is 0 Å². The lowest BCUT2D eigenvalue weighted by atomic mass is 10.1. The zero-order valence-electron chi connectivity index (χ0n) is 14.7. The van der Waals surface area contributed by atoms with Gasteiger partial charge in [0.1, 0.15) is 6.04 Å². The van der Waals surface area contributed by atoms with Gasteiger partial charge in [0.2, 0.25) is 15.9 Å². The normalized spacial score (nSPS) is 12.5. The van der Waals surface area contributed by atoms with Crippen molar-refractivity contribution in [3.63, 3.8) is 0 Å². The molecule has 0 aliphatic heterocycles. The summed E-state index contributed by atoms with van der Waals surface area (Å²) in [4.78, 5) is 12.6. The predicted molar refractivity (Wildman–Crippen MR) is 108 cm³/mol. The number of nitrogens with zero attached hydrogens (tertiary/aromatic N) is 1. The molecule has 0 saturated heterocycles. The number of nitrogens with one attached hydrogen (secondary N) is 1. The van der Waals surface area contributed by atoms with E-state index in [9.17, 15) is 13.2 Å². The summed E-state index contributed by atoms with van der Waals surface area (Å²) in [5.41, 5.74) is 2.01. The van der Waals surface area contributed by atoms with E-state index in [4.69, 9.17) is 23.2 Å². The second kappa shape index (κ2) is 8.29. The Bertz CT molecular complexity index is 899. The number of sulfonamides is 1. The van der Waals surface area contributed by atoms with E-state index in [0.29, 0.717) is 10.7 Å². The van der Waals surface area contributed by atoms with E-state index in [1.54, 1.807) is 12.1 Å². The van der Waals surface area contributed by atoms with E-state index in [1.807, 2.05) is 19.1 Å². The highest BCUT2D eigenvalue weighted by molar-refractivity contribution is 7.92. The van der Waals surface area contributed by atoms with E-state index in [0.717, 1.165) is 22.5 Å². The van der Waals surface area contributed by atoms with Crippen LogP contribution in [0.25, 0.3) is 0 Å². The van der Waals surface area contributed by atoms with E-state index in [-0.39, 0.29) is 10.7 Å². The van der Waals surface area contributed by atoms with Gasteiger partial charge in [-0.05, 0) is 49.2 Å². The maximum absolute atomic E-state index is 12.6. The number of carbonyl (C=O) groups excluding carboxylic acids is 1. The summed E-state index contributed by atoms with van der Waals surface area (Å²) >= 11 is 11.9. The summed E-state index contributed by atoms with van der Waals surface area (Å²) in [5, 5.41) is 3.25. The summed E-state index contributed by atoms with van der Waals surface area (Å²) in [6.07, 6.45) is 1.93. The van der Waals surface area contributed by atoms with Gasteiger partial charge < -0.3 is 5.32 Å². The number of benzene rings is 2. The average molecular weight is 415 g/mol. The van der Waals surface area contributed by atoms with Crippen LogP contribution in [0, 0.1) is 0 Å². The zero-order chi connectivity index (χ0) is 19.5. The van der Waals surface area contributed by atoms with E-state index < -0.39 is 22.0 Å². The SMILES string of the molecule is CCc1ccc(NC(=O)C(C)N(c2ccc(Cl)c(Cl)c2)S(C)(=O)=O)cc1. The van der Waals surface area contributed by atoms with E-state index >= 15 is 0 Å². The molecule has 2 aromatic rings. The molecule has 0 heterocycles. The van der Waals surface area contributed by atoms with Gasteiger partial charge in [-0.2, -0.15) is 0 Å². The molecule has 0 aliphatic rings. The number of amides is 1. The molecule has 5 nitrogen and oxygen atoms in total. The van der Waals surface area contributed by atoms with Crippen molar-refractivity contribution in [1.82, 2.24) is 0 Å².